The van der Waals surface area contributed by atoms with Crippen molar-refractivity contribution >= 4 is 22.6 Å². The maximum Gasteiger partial charge on any atom is 0.317 e. The van der Waals surface area contributed by atoms with Gasteiger partial charge in [-0.2, -0.15) is 0 Å². The molecule has 1 aromatic heterocycles. The molecule has 7 nitrogen and oxygen atoms in total. The zero-order chi connectivity index (χ0) is 25.2. The van der Waals surface area contributed by atoms with Crippen LogP contribution in [-0.2, 0) is 13.1 Å². The first kappa shape index (κ1) is 23.5. The molecule has 0 aliphatic carbocycles. The summed E-state index contributed by atoms with van der Waals surface area (Å²) in [6, 6.07) is 21.2. The van der Waals surface area contributed by atoms with Crippen LogP contribution >= 0.6 is 0 Å². The lowest BCUT2D eigenvalue weighted by atomic mass is 10.1. The zero-order valence-electron chi connectivity index (χ0n) is 20.1. The first-order chi connectivity index (χ1) is 17.5. The number of para-hydroxylation sites is 3. The molecule has 4 aromatic rings. The second-order valence-corrected chi connectivity index (χ2v) is 8.86. The number of aromatic nitrogens is 2. The number of nitrogens with zero attached hydrogens (tertiary/aromatic N) is 4. The molecule has 0 radical (unpaired) electrons. The van der Waals surface area contributed by atoms with Crippen LogP contribution in [0.3, 0.4) is 0 Å². The van der Waals surface area contributed by atoms with Crippen molar-refractivity contribution in [3.8, 4) is 0 Å². The Hall–Kier alpha value is -4.20. The van der Waals surface area contributed by atoms with Gasteiger partial charge in [0.25, 0.3) is 5.91 Å². The van der Waals surface area contributed by atoms with Gasteiger partial charge in [-0.05, 0) is 48.9 Å². The Labute approximate surface area is 207 Å². The van der Waals surface area contributed by atoms with Gasteiger partial charge in [-0.25, -0.2) is 4.39 Å². The van der Waals surface area contributed by atoms with Gasteiger partial charge in [0, 0.05) is 38.3 Å². The molecule has 1 fully saturated rings. The molecule has 3 aromatic carbocycles. The fourth-order valence-electron chi connectivity index (χ4n) is 4.82. The summed E-state index contributed by atoms with van der Waals surface area (Å²) in [6.45, 7) is 4.62. The Balaban J connectivity index is 1.31. The monoisotopic (exact) mass is 486 g/mol. The van der Waals surface area contributed by atoms with Crippen LogP contribution in [0.5, 0.6) is 0 Å². The van der Waals surface area contributed by atoms with Gasteiger partial charge in [-0.15, -0.1) is 0 Å². The average Bonchev–Trinajstić information content (AvgIpc) is 2.92. The lowest BCUT2D eigenvalue weighted by molar-refractivity contribution is 0.0746. The van der Waals surface area contributed by atoms with Crippen molar-refractivity contribution in [2.24, 2.45) is 0 Å². The number of benzene rings is 3. The molecule has 0 atom stereocenters. The predicted octanol–water partition coefficient (Wildman–Crippen LogP) is 3.33. The van der Waals surface area contributed by atoms with Gasteiger partial charge in [0.2, 0.25) is 0 Å². The third kappa shape index (κ3) is 4.30. The molecule has 0 spiro atoms. The summed E-state index contributed by atoms with van der Waals surface area (Å²) < 4.78 is 17.1. The molecule has 0 saturated carbocycles. The smallest absolute Gasteiger partial charge is 0.317 e. The van der Waals surface area contributed by atoms with Crippen LogP contribution in [0, 0.1) is 5.82 Å². The molecular weight excluding hydrogens is 459 g/mol. The molecule has 184 valence electrons. The SMILES string of the molecule is CCn1c(=O)c(=O)n(Cc2ccc(C(=O)N3CCN(c4ccccc4F)CC3)cc2)c2ccccc21. The van der Waals surface area contributed by atoms with E-state index in [2.05, 4.69) is 0 Å². The number of hydrogen-bond acceptors (Lipinski definition) is 4. The molecule has 1 aliphatic heterocycles. The van der Waals surface area contributed by atoms with E-state index < -0.39 is 11.1 Å². The summed E-state index contributed by atoms with van der Waals surface area (Å²) in [5.41, 5.74) is 2.22. The van der Waals surface area contributed by atoms with Gasteiger partial charge in [-0.3, -0.25) is 19.0 Å². The number of carbonyl (C=O) groups is 1. The summed E-state index contributed by atoms with van der Waals surface area (Å²) in [4.78, 5) is 42.3. The molecule has 2 heterocycles. The Morgan fingerprint density at radius 1 is 0.778 bits per heavy atom. The molecule has 1 amide bonds. The summed E-state index contributed by atoms with van der Waals surface area (Å²) in [6.07, 6.45) is 0. The van der Waals surface area contributed by atoms with Crippen LogP contribution < -0.4 is 16.0 Å². The lowest BCUT2D eigenvalue weighted by Gasteiger charge is -2.36. The van der Waals surface area contributed by atoms with Crippen molar-refractivity contribution < 1.29 is 9.18 Å². The fourth-order valence-corrected chi connectivity index (χ4v) is 4.82. The van der Waals surface area contributed by atoms with Crippen LogP contribution in [0.25, 0.3) is 11.0 Å². The molecule has 0 bridgehead atoms. The predicted molar refractivity (Wildman–Crippen MR) is 138 cm³/mol. The largest absolute Gasteiger partial charge is 0.366 e. The highest BCUT2D eigenvalue weighted by Gasteiger charge is 2.23. The Bertz CT molecular complexity index is 1530. The number of fused-ring (bicyclic) bond motifs is 1. The van der Waals surface area contributed by atoms with E-state index in [1.165, 1.54) is 15.2 Å². The van der Waals surface area contributed by atoms with Gasteiger partial charge >= 0.3 is 11.1 Å². The van der Waals surface area contributed by atoms with Gasteiger partial charge in [0.05, 0.1) is 23.3 Å². The van der Waals surface area contributed by atoms with E-state index in [0.29, 0.717) is 55.0 Å². The van der Waals surface area contributed by atoms with Gasteiger partial charge < -0.3 is 14.4 Å². The lowest BCUT2D eigenvalue weighted by Crippen LogP contribution is -2.49. The van der Waals surface area contributed by atoms with Gasteiger partial charge in [0.1, 0.15) is 5.82 Å². The van der Waals surface area contributed by atoms with E-state index in [1.54, 1.807) is 29.2 Å². The fraction of sp³-hybridized carbons (Fsp3) is 0.250. The molecule has 5 rings (SSSR count). The van der Waals surface area contributed by atoms with Crippen molar-refractivity contribution in [3.05, 3.63) is 110 Å². The molecule has 1 aliphatic rings. The minimum absolute atomic E-state index is 0.0807. The average molecular weight is 487 g/mol. The number of piperazine rings is 1. The number of halogens is 1. The Morgan fingerprint density at radius 2 is 1.36 bits per heavy atom. The second kappa shape index (κ2) is 9.81. The van der Waals surface area contributed by atoms with Crippen molar-refractivity contribution in [3.63, 3.8) is 0 Å². The normalized spacial score (nSPS) is 13.8. The van der Waals surface area contributed by atoms with Crippen LogP contribution in [0.1, 0.15) is 22.8 Å². The number of amides is 1. The third-order valence-electron chi connectivity index (χ3n) is 6.75. The number of hydrogen-bond donors (Lipinski definition) is 0. The maximum absolute atomic E-state index is 14.1. The first-order valence-electron chi connectivity index (χ1n) is 12.1. The van der Waals surface area contributed by atoms with Crippen molar-refractivity contribution in [2.75, 3.05) is 31.1 Å². The van der Waals surface area contributed by atoms with Crippen molar-refractivity contribution in [1.82, 2.24) is 14.0 Å². The quantitative estimate of drug-likeness (QED) is 0.406. The third-order valence-corrected chi connectivity index (χ3v) is 6.75. The Morgan fingerprint density at radius 3 is 2.00 bits per heavy atom. The zero-order valence-corrected chi connectivity index (χ0v) is 20.1. The van der Waals surface area contributed by atoms with E-state index in [0.717, 1.165) is 5.56 Å². The first-order valence-corrected chi connectivity index (χ1v) is 12.1. The van der Waals surface area contributed by atoms with Crippen LogP contribution in [0.4, 0.5) is 10.1 Å². The summed E-state index contributed by atoms with van der Waals surface area (Å²) >= 11 is 0. The summed E-state index contributed by atoms with van der Waals surface area (Å²) in [7, 11) is 0. The maximum atomic E-state index is 14.1. The number of anilines is 1. The molecule has 1 saturated heterocycles. The highest BCUT2D eigenvalue weighted by molar-refractivity contribution is 5.94. The minimum Gasteiger partial charge on any atom is -0.366 e. The highest BCUT2D eigenvalue weighted by atomic mass is 19.1. The number of rotatable bonds is 5. The molecular formula is C28H27FN4O3. The van der Waals surface area contributed by atoms with Crippen molar-refractivity contribution in [1.29, 1.82) is 0 Å². The minimum atomic E-state index is -0.566. The van der Waals surface area contributed by atoms with Crippen molar-refractivity contribution in [2.45, 2.75) is 20.0 Å². The van der Waals surface area contributed by atoms with E-state index in [-0.39, 0.29) is 18.3 Å². The van der Waals surface area contributed by atoms with Crippen LogP contribution in [0.15, 0.2) is 82.4 Å². The van der Waals surface area contributed by atoms with Crippen LogP contribution in [0.2, 0.25) is 0 Å². The van der Waals surface area contributed by atoms with E-state index in [1.807, 2.05) is 54.3 Å². The number of aryl methyl sites for hydroxylation is 1. The van der Waals surface area contributed by atoms with Gasteiger partial charge in [0.15, 0.2) is 0 Å². The summed E-state index contributed by atoms with van der Waals surface area (Å²) in [5, 5.41) is 0. The topological polar surface area (TPSA) is 67.5 Å². The summed E-state index contributed by atoms with van der Waals surface area (Å²) in [5.74, 6) is -0.338. The van der Waals surface area contributed by atoms with E-state index in [4.69, 9.17) is 0 Å². The highest BCUT2D eigenvalue weighted by Crippen LogP contribution is 2.21. The molecule has 0 N–H and O–H groups in total. The van der Waals surface area contributed by atoms with E-state index in [9.17, 15) is 18.8 Å². The molecule has 8 heteroatoms. The number of carbonyl (C=O) groups excluding carboxylic acids is 1. The second-order valence-electron chi connectivity index (χ2n) is 8.86. The van der Waals surface area contributed by atoms with Crippen LogP contribution in [-0.4, -0.2) is 46.1 Å². The standard InChI is InChI=1S/C28H27FN4O3/c1-2-32-24-9-5-6-10-25(24)33(28(36)27(32)35)19-20-11-13-21(14-12-20)26(34)31-17-15-30(16-18-31)23-8-4-3-7-22(23)29/h3-14H,2,15-19H2,1H3. The Kier molecular flexibility index (Phi) is 6.41. The molecule has 0 unspecified atom stereocenters. The van der Waals surface area contributed by atoms with E-state index >= 15 is 0 Å². The van der Waals surface area contributed by atoms with Gasteiger partial charge in [-0.1, -0.05) is 36.4 Å². The molecule has 36 heavy (non-hydrogen) atoms.